The monoisotopic (exact) mass is 616 g/mol. The number of ether oxygens (including phenoxy) is 2. The van der Waals surface area contributed by atoms with E-state index in [2.05, 4.69) is 41.7 Å². The molecule has 0 saturated heterocycles. The van der Waals surface area contributed by atoms with Crippen LogP contribution < -0.4 is 20.1 Å². The number of anilines is 1. The number of nitrogens with zero attached hydrogens (tertiary/aromatic N) is 4. The second kappa shape index (κ2) is 12.9. The van der Waals surface area contributed by atoms with Crippen LogP contribution in [0.4, 0.5) is 5.13 Å². The van der Waals surface area contributed by atoms with Crippen molar-refractivity contribution in [2.24, 2.45) is 0 Å². The highest BCUT2D eigenvalue weighted by Gasteiger charge is 2.16. The number of thioether (sulfide) groups is 1. The minimum Gasteiger partial charge on any atom is -0.493 e. The summed E-state index contributed by atoms with van der Waals surface area (Å²) < 4.78 is 13.3. The van der Waals surface area contributed by atoms with E-state index in [0.717, 1.165) is 15.7 Å². The molecule has 13 heteroatoms. The molecule has 0 aliphatic rings. The fraction of sp³-hybridized carbons (Fsp3) is 0.240. The molecule has 2 aromatic heterocycles. The molecule has 0 bridgehead atoms. The maximum Gasteiger partial charge on any atom is 0.251 e. The van der Waals surface area contributed by atoms with Gasteiger partial charge in [-0.3, -0.25) is 9.59 Å². The molecule has 4 aromatic rings. The summed E-state index contributed by atoms with van der Waals surface area (Å²) in [7, 11) is 3.05. The summed E-state index contributed by atoms with van der Waals surface area (Å²) in [6.45, 7) is 2.71. The van der Waals surface area contributed by atoms with Crippen LogP contribution >= 0.6 is 39.0 Å². The third-order valence-corrected chi connectivity index (χ3v) is 7.64. The van der Waals surface area contributed by atoms with Crippen LogP contribution in [0, 0.1) is 0 Å². The van der Waals surface area contributed by atoms with Gasteiger partial charge >= 0.3 is 0 Å². The van der Waals surface area contributed by atoms with Gasteiger partial charge < -0.3 is 24.7 Å². The number of benzene rings is 2. The van der Waals surface area contributed by atoms with Gasteiger partial charge in [-0.05, 0) is 37.3 Å². The van der Waals surface area contributed by atoms with Crippen LogP contribution in [0.3, 0.4) is 0 Å². The second-order valence-corrected chi connectivity index (χ2v) is 10.5. The fourth-order valence-corrected chi connectivity index (χ4v) is 5.30. The zero-order valence-electron chi connectivity index (χ0n) is 20.9. The summed E-state index contributed by atoms with van der Waals surface area (Å²) >= 11 is 6.06. The first-order valence-electron chi connectivity index (χ1n) is 11.5. The van der Waals surface area contributed by atoms with Crippen molar-refractivity contribution >= 4 is 56.0 Å². The normalized spacial score (nSPS) is 10.7. The maximum atomic E-state index is 12.7. The molecule has 0 saturated carbocycles. The first kappa shape index (κ1) is 27.6. The van der Waals surface area contributed by atoms with Crippen LogP contribution in [0.5, 0.6) is 11.5 Å². The summed E-state index contributed by atoms with van der Waals surface area (Å²) in [5, 5.41) is 17.1. The zero-order valence-corrected chi connectivity index (χ0v) is 24.1. The number of hydrogen-bond donors (Lipinski definition) is 2. The van der Waals surface area contributed by atoms with Gasteiger partial charge in [0.15, 0.2) is 27.6 Å². The van der Waals surface area contributed by atoms with E-state index in [0.29, 0.717) is 39.7 Å². The minimum absolute atomic E-state index is 0.142. The smallest absolute Gasteiger partial charge is 0.251 e. The Balaban J connectivity index is 1.32. The van der Waals surface area contributed by atoms with Crippen LogP contribution in [-0.2, 0) is 17.9 Å². The number of carbonyl (C=O) groups excluding carboxylic acids is 2. The van der Waals surface area contributed by atoms with Gasteiger partial charge in [0.05, 0.1) is 32.2 Å². The number of aromatic nitrogens is 4. The van der Waals surface area contributed by atoms with E-state index in [4.69, 9.17) is 9.47 Å². The average Bonchev–Trinajstić information content (AvgIpc) is 3.56. The van der Waals surface area contributed by atoms with Gasteiger partial charge in [0.2, 0.25) is 5.91 Å². The van der Waals surface area contributed by atoms with Gasteiger partial charge in [-0.2, -0.15) is 0 Å². The van der Waals surface area contributed by atoms with Crippen LogP contribution in [0.1, 0.15) is 23.1 Å². The number of rotatable bonds is 11. The van der Waals surface area contributed by atoms with Crippen molar-refractivity contribution in [2.75, 3.05) is 25.3 Å². The van der Waals surface area contributed by atoms with Crippen LogP contribution in [0.15, 0.2) is 57.5 Å². The Bertz CT molecular complexity index is 1420. The van der Waals surface area contributed by atoms with Crippen molar-refractivity contribution in [3.8, 4) is 22.8 Å². The Labute approximate surface area is 236 Å². The Morgan fingerprint density at radius 1 is 1.08 bits per heavy atom. The molecular weight excluding hydrogens is 592 g/mol. The number of hydrogen-bond acceptors (Lipinski definition) is 9. The van der Waals surface area contributed by atoms with Gasteiger partial charge in [0, 0.05) is 27.5 Å². The Morgan fingerprint density at radius 3 is 2.55 bits per heavy atom. The topological polar surface area (TPSA) is 120 Å². The lowest BCUT2D eigenvalue weighted by atomic mass is 10.2. The first-order valence-corrected chi connectivity index (χ1v) is 14.1. The molecule has 2 amide bonds. The van der Waals surface area contributed by atoms with E-state index in [-0.39, 0.29) is 24.1 Å². The van der Waals surface area contributed by atoms with Crippen LogP contribution in [0.25, 0.3) is 11.3 Å². The standard InChI is InChI=1S/C25H25BrN6O4S2/c1-4-32-21(12-27-23(34)16-7-10-19(35-2)20(11-16)36-3)30-31-25(32)38-14-22(33)29-24-28-18(13-37-24)15-5-8-17(26)9-6-15/h5-11,13H,4,12,14H2,1-3H3,(H,27,34)(H,28,29,33). The number of methoxy groups -OCH3 is 2. The van der Waals surface area contributed by atoms with E-state index < -0.39 is 0 Å². The predicted molar refractivity (Wildman–Crippen MR) is 151 cm³/mol. The number of halogens is 1. The Kier molecular flexibility index (Phi) is 9.37. The number of amides is 2. The largest absolute Gasteiger partial charge is 0.493 e. The lowest BCUT2D eigenvalue weighted by molar-refractivity contribution is -0.113. The molecule has 0 aliphatic carbocycles. The molecule has 198 valence electrons. The molecular formula is C25H25BrN6O4S2. The molecule has 4 rings (SSSR count). The maximum absolute atomic E-state index is 12.7. The summed E-state index contributed by atoms with van der Waals surface area (Å²) in [6, 6.07) is 12.8. The Morgan fingerprint density at radius 2 is 1.84 bits per heavy atom. The van der Waals surface area contributed by atoms with Crippen LogP contribution in [-0.4, -0.2) is 51.5 Å². The number of nitrogens with one attached hydrogen (secondary N) is 2. The molecule has 2 heterocycles. The predicted octanol–water partition coefficient (Wildman–Crippen LogP) is 4.86. The van der Waals surface area contributed by atoms with E-state index in [9.17, 15) is 9.59 Å². The molecule has 0 radical (unpaired) electrons. The molecule has 2 N–H and O–H groups in total. The van der Waals surface area contributed by atoms with Gasteiger partial charge in [0.1, 0.15) is 0 Å². The van der Waals surface area contributed by atoms with Gasteiger partial charge in [-0.15, -0.1) is 21.5 Å². The van der Waals surface area contributed by atoms with Crippen molar-refractivity contribution in [2.45, 2.75) is 25.2 Å². The van der Waals surface area contributed by atoms with Crippen molar-refractivity contribution in [1.29, 1.82) is 0 Å². The number of thiazole rings is 1. The lowest BCUT2D eigenvalue weighted by Crippen LogP contribution is -2.25. The molecule has 0 unspecified atom stereocenters. The first-order chi connectivity index (χ1) is 18.4. The molecule has 0 fully saturated rings. The third-order valence-electron chi connectivity index (χ3n) is 5.39. The second-order valence-electron chi connectivity index (χ2n) is 7.78. The lowest BCUT2D eigenvalue weighted by Gasteiger charge is -2.11. The van der Waals surface area contributed by atoms with Crippen molar-refractivity contribution < 1.29 is 19.1 Å². The van der Waals surface area contributed by atoms with E-state index >= 15 is 0 Å². The third kappa shape index (κ3) is 6.71. The summed E-state index contributed by atoms with van der Waals surface area (Å²) in [6.07, 6.45) is 0. The van der Waals surface area contributed by atoms with Gasteiger partial charge in [0.25, 0.3) is 5.91 Å². The highest BCUT2D eigenvalue weighted by Crippen LogP contribution is 2.28. The van der Waals surface area contributed by atoms with Crippen molar-refractivity contribution in [3.05, 3.63) is 63.7 Å². The van der Waals surface area contributed by atoms with E-state index in [1.807, 2.05) is 41.1 Å². The van der Waals surface area contributed by atoms with E-state index in [1.165, 1.54) is 37.3 Å². The SMILES string of the molecule is CCn1c(CNC(=O)c2ccc(OC)c(OC)c2)nnc1SCC(=O)Nc1nc(-c2ccc(Br)cc2)cs1. The fourth-order valence-electron chi connectivity index (χ4n) is 3.48. The van der Waals surface area contributed by atoms with Gasteiger partial charge in [-0.25, -0.2) is 4.98 Å². The van der Waals surface area contributed by atoms with Gasteiger partial charge in [-0.1, -0.05) is 39.8 Å². The van der Waals surface area contributed by atoms with E-state index in [1.54, 1.807) is 18.2 Å². The highest BCUT2D eigenvalue weighted by atomic mass is 79.9. The zero-order chi connectivity index (χ0) is 27.1. The number of carbonyl (C=O) groups is 2. The van der Waals surface area contributed by atoms with Crippen molar-refractivity contribution in [3.63, 3.8) is 0 Å². The van der Waals surface area contributed by atoms with Crippen LogP contribution in [0.2, 0.25) is 0 Å². The molecule has 38 heavy (non-hydrogen) atoms. The Hall–Kier alpha value is -3.42. The molecule has 0 aliphatic heterocycles. The summed E-state index contributed by atoms with van der Waals surface area (Å²) in [4.78, 5) is 29.7. The molecule has 0 atom stereocenters. The summed E-state index contributed by atoms with van der Waals surface area (Å²) in [5.41, 5.74) is 2.21. The molecule has 10 nitrogen and oxygen atoms in total. The quantitative estimate of drug-likeness (QED) is 0.229. The highest BCUT2D eigenvalue weighted by molar-refractivity contribution is 9.10. The minimum atomic E-state index is -0.281. The molecule has 0 spiro atoms. The summed E-state index contributed by atoms with van der Waals surface area (Å²) in [5.74, 6) is 1.26. The molecule has 2 aromatic carbocycles. The van der Waals surface area contributed by atoms with Crippen molar-refractivity contribution in [1.82, 2.24) is 25.1 Å². The average molecular weight is 618 g/mol.